The molecule has 7 heteroatoms. The molecule has 0 bridgehead atoms. The summed E-state index contributed by atoms with van der Waals surface area (Å²) in [6, 6.07) is 5.45. The molecular weight excluding hydrogens is 224 g/mol. The van der Waals surface area contributed by atoms with Crippen molar-refractivity contribution in [3.05, 3.63) is 52.1 Å². The quantitative estimate of drug-likeness (QED) is 0.483. The maximum absolute atomic E-state index is 11.7. The Morgan fingerprint density at radius 2 is 2.06 bits per heavy atom. The second-order valence-corrected chi connectivity index (χ2v) is 3.34. The zero-order valence-corrected chi connectivity index (χ0v) is 8.66. The first-order chi connectivity index (χ1) is 8.16. The van der Waals surface area contributed by atoms with Crippen LogP contribution in [-0.2, 0) is 6.42 Å². The minimum atomic E-state index is -0.509. The standard InChI is InChI=1S/C10H8N4O3/c15-9(5-10-11-6-12-13-10)7-1-3-8(4-2-7)14(16)17/h1-4,6H,5H2,(H,11,12,13). The molecule has 86 valence electrons. The Morgan fingerprint density at radius 3 is 2.59 bits per heavy atom. The minimum Gasteiger partial charge on any atom is -0.294 e. The van der Waals surface area contributed by atoms with Crippen molar-refractivity contribution >= 4 is 11.5 Å². The number of aromatic amines is 1. The van der Waals surface area contributed by atoms with Gasteiger partial charge in [0.1, 0.15) is 12.2 Å². The number of aromatic nitrogens is 3. The van der Waals surface area contributed by atoms with Crippen molar-refractivity contribution < 1.29 is 9.72 Å². The van der Waals surface area contributed by atoms with E-state index in [0.29, 0.717) is 11.4 Å². The molecule has 0 radical (unpaired) electrons. The summed E-state index contributed by atoms with van der Waals surface area (Å²) >= 11 is 0. The van der Waals surface area contributed by atoms with E-state index in [0.717, 1.165) is 0 Å². The van der Waals surface area contributed by atoms with Crippen molar-refractivity contribution in [1.29, 1.82) is 0 Å². The SMILES string of the molecule is O=C(Cc1ncn[nH]1)c1ccc([N+](=O)[O-])cc1. The van der Waals surface area contributed by atoms with Crippen LogP contribution < -0.4 is 0 Å². The van der Waals surface area contributed by atoms with Crippen LogP contribution in [0.5, 0.6) is 0 Å². The number of benzene rings is 1. The van der Waals surface area contributed by atoms with E-state index in [1.165, 1.54) is 30.6 Å². The molecule has 0 aliphatic rings. The van der Waals surface area contributed by atoms with Gasteiger partial charge in [0.05, 0.1) is 11.3 Å². The second-order valence-electron chi connectivity index (χ2n) is 3.34. The third-order valence-electron chi connectivity index (χ3n) is 2.19. The number of nitro groups is 1. The monoisotopic (exact) mass is 232 g/mol. The van der Waals surface area contributed by atoms with Gasteiger partial charge in [-0.15, -0.1) is 0 Å². The third kappa shape index (κ3) is 2.51. The third-order valence-corrected chi connectivity index (χ3v) is 2.19. The number of non-ortho nitro benzene ring substituents is 1. The highest BCUT2D eigenvalue weighted by Gasteiger charge is 2.11. The lowest BCUT2D eigenvalue weighted by atomic mass is 10.1. The number of carbonyl (C=O) groups excluding carboxylic acids is 1. The number of Topliss-reactive ketones (excluding diaryl/α,β-unsaturated/α-hetero) is 1. The average molecular weight is 232 g/mol. The van der Waals surface area contributed by atoms with Crippen LogP contribution in [0.1, 0.15) is 16.2 Å². The molecule has 0 saturated heterocycles. The van der Waals surface area contributed by atoms with Crippen molar-refractivity contribution in [3.63, 3.8) is 0 Å². The number of H-pyrrole nitrogens is 1. The van der Waals surface area contributed by atoms with Gasteiger partial charge in [-0.05, 0) is 12.1 Å². The van der Waals surface area contributed by atoms with Crippen molar-refractivity contribution in [2.75, 3.05) is 0 Å². The van der Waals surface area contributed by atoms with Gasteiger partial charge in [0.25, 0.3) is 5.69 Å². The Hall–Kier alpha value is -2.57. The van der Waals surface area contributed by atoms with Gasteiger partial charge in [-0.25, -0.2) is 4.98 Å². The summed E-state index contributed by atoms with van der Waals surface area (Å²) in [7, 11) is 0. The summed E-state index contributed by atoms with van der Waals surface area (Å²) < 4.78 is 0. The molecule has 1 N–H and O–H groups in total. The number of nitrogens with zero attached hydrogens (tertiary/aromatic N) is 3. The number of carbonyl (C=O) groups is 1. The molecule has 1 aromatic carbocycles. The number of hydrogen-bond donors (Lipinski definition) is 1. The minimum absolute atomic E-state index is 0.0405. The van der Waals surface area contributed by atoms with E-state index in [1.807, 2.05) is 0 Å². The Balaban J connectivity index is 2.12. The molecule has 0 saturated carbocycles. The van der Waals surface area contributed by atoms with Crippen LogP contribution in [0.15, 0.2) is 30.6 Å². The zero-order valence-electron chi connectivity index (χ0n) is 8.66. The summed E-state index contributed by atoms with van der Waals surface area (Å²) in [6.07, 6.45) is 1.41. The van der Waals surface area contributed by atoms with Crippen LogP contribution in [-0.4, -0.2) is 25.9 Å². The van der Waals surface area contributed by atoms with Crippen LogP contribution in [0.3, 0.4) is 0 Å². The first kappa shape index (κ1) is 10.9. The van der Waals surface area contributed by atoms with Crippen molar-refractivity contribution in [2.24, 2.45) is 0 Å². The van der Waals surface area contributed by atoms with Crippen LogP contribution in [0, 0.1) is 10.1 Å². The molecule has 2 aromatic rings. The molecule has 1 heterocycles. The van der Waals surface area contributed by atoms with Crippen molar-refractivity contribution in [2.45, 2.75) is 6.42 Å². The molecule has 17 heavy (non-hydrogen) atoms. The summed E-state index contributed by atoms with van der Waals surface area (Å²) in [6.45, 7) is 0. The lowest BCUT2D eigenvalue weighted by molar-refractivity contribution is -0.384. The molecule has 0 unspecified atom stereocenters. The van der Waals surface area contributed by atoms with Gasteiger partial charge in [0.2, 0.25) is 0 Å². The lowest BCUT2D eigenvalue weighted by Crippen LogP contribution is -2.05. The van der Waals surface area contributed by atoms with E-state index in [2.05, 4.69) is 15.2 Å². The maximum atomic E-state index is 11.7. The number of rotatable bonds is 4. The van der Waals surface area contributed by atoms with Gasteiger partial charge in [-0.3, -0.25) is 20.0 Å². The van der Waals surface area contributed by atoms with Gasteiger partial charge in [0.15, 0.2) is 5.78 Å². The van der Waals surface area contributed by atoms with E-state index in [4.69, 9.17) is 0 Å². The van der Waals surface area contributed by atoms with Crippen molar-refractivity contribution in [3.8, 4) is 0 Å². The molecule has 0 spiro atoms. The van der Waals surface area contributed by atoms with E-state index < -0.39 is 4.92 Å². The Kier molecular flexibility index (Phi) is 2.91. The van der Waals surface area contributed by atoms with Gasteiger partial charge in [-0.1, -0.05) is 0 Å². The van der Waals surface area contributed by atoms with Crippen LogP contribution in [0.2, 0.25) is 0 Å². The molecule has 0 fully saturated rings. The number of ketones is 1. The fourth-order valence-electron chi connectivity index (χ4n) is 1.34. The number of nitro benzene ring substituents is 1. The van der Waals surface area contributed by atoms with Crippen LogP contribution >= 0.6 is 0 Å². The van der Waals surface area contributed by atoms with E-state index in [9.17, 15) is 14.9 Å². The fraction of sp³-hybridized carbons (Fsp3) is 0.100. The smallest absolute Gasteiger partial charge is 0.269 e. The topological polar surface area (TPSA) is 102 Å². The highest BCUT2D eigenvalue weighted by Crippen LogP contribution is 2.13. The molecule has 0 atom stereocenters. The highest BCUT2D eigenvalue weighted by molar-refractivity contribution is 5.97. The van der Waals surface area contributed by atoms with Crippen molar-refractivity contribution in [1.82, 2.24) is 15.2 Å². The van der Waals surface area contributed by atoms with E-state index in [-0.39, 0.29) is 17.9 Å². The molecule has 2 rings (SSSR count). The molecule has 0 aliphatic heterocycles. The molecule has 7 nitrogen and oxygen atoms in total. The van der Waals surface area contributed by atoms with Crippen LogP contribution in [0.25, 0.3) is 0 Å². The zero-order chi connectivity index (χ0) is 12.3. The Labute approximate surface area is 95.6 Å². The number of nitrogens with one attached hydrogen (secondary N) is 1. The first-order valence-electron chi connectivity index (χ1n) is 4.78. The predicted octanol–water partition coefficient (Wildman–Crippen LogP) is 1.14. The van der Waals surface area contributed by atoms with Gasteiger partial charge in [0, 0.05) is 17.7 Å². The van der Waals surface area contributed by atoms with Gasteiger partial charge >= 0.3 is 0 Å². The molecule has 1 aromatic heterocycles. The largest absolute Gasteiger partial charge is 0.294 e. The lowest BCUT2D eigenvalue weighted by Gasteiger charge is -1.98. The second kappa shape index (κ2) is 4.52. The molecular formula is C10H8N4O3. The Bertz CT molecular complexity index is 533. The van der Waals surface area contributed by atoms with E-state index in [1.54, 1.807) is 0 Å². The highest BCUT2D eigenvalue weighted by atomic mass is 16.6. The van der Waals surface area contributed by atoms with Gasteiger partial charge in [-0.2, -0.15) is 5.10 Å². The summed E-state index contributed by atoms with van der Waals surface area (Å²) in [5.41, 5.74) is 0.369. The van der Waals surface area contributed by atoms with E-state index >= 15 is 0 Å². The number of hydrogen-bond acceptors (Lipinski definition) is 5. The van der Waals surface area contributed by atoms with Crippen LogP contribution in [0.4, 0.5) is 5.69 Å². The normalized spacial score (nSPS) is 10.1. The Morgan fingerprint density at radius 1 is 1.35 bits per heavy atom. The summed E-state index contributed by atoms with van der Waals surface area (Å²) in [4.78, 5) is 25.5. The molecule has 0 aliphatic carbocycles. The fourth-order valence-corrected chi connectivity index (χ4v) is 1.34. The summed E-state index contributed by atoms with van der Waals surface area (Å²) in [5.74, 6) is 0.296. The first-order valence-corrected chi connectivity index (χ1v) is 4.78. The predicted molar refractivity (Wildman–Crippen MR) is 57.5 cm³/mol. The maximum Gasteiger partial charge on any atom is 0.269 e. The molecule has 0 amide bonds. The van der Waals surface area contributed by atoms with Gasteiger partial charge < -0.3 is 0 Å². The average Bonchev–Trinajstić information content (AvgIpc) is 2.82. The summed E-state index contributed by atoms with van der Waals surface area (Å²) in [5, 5.41) is 16.6.